The third-order valence-corrected chi connectivity index (χ3v) is 4.56. The van der Waals surface area contributed by atoms with E-state index in [1.54, 1.807) is 0 Å². The largest absolute Gasteiger partial charge is 0.490 e. The van der Waals surface area contributed by atoms with E-state index in [1.165, 1.54) is 11.1 Å². The maximum Gasteiger partial charge on any atom is 0.125 e. The van der Waals surface area contributed by atoms with Gasteiger partial charge in [-0.15, -0.1) is 0 Å². The van der Waals surface area contributed by atoms with Crippen molar-refractivity contribution in [3.05, 3.63) is 28.8 Å². The zero-order chi connectivity index (χ0) is 14.9. The van der Waals surface area contributed by atoms with Crippen molar-refractivity contribution in [3.8, 4) is 5.75 Å². The molecule has 2 heterocycles. The summed E-state index contributed by atoms with van der Waals surface area (Å²) in [6.45, 7) is 7.02. The monoisotopic (exact) mass is 291 g/mol. The maximum atomic E-state index is 6.33. The topological polar surface area (TPSA) is 53.7 Å². The number of nitrogens with two attached hydrogens (primary N) is 1. The normalized spacial score (nSPS) is 29.0. The minimum atomic E-state index is -0.109. The fraction of sp³-hybridized carbons (Fsp3) is 0.647. The van der Waals surface area contributed by atoms with Crippen molar-refractivity contribution in [1.82, 2.24) is 0 Å². The van der Waals surface area contributed by atoms with E-state index in [0.29, 0.717) is 13.2 Å². The highest BCUT2D eigenvalue weighted by molar-refractivity contribution is 5.43. The van der Waals surface area contributed by atoms with Gasteiger partial charge in [0.2, 0.25) is 0 Å². The van der Waals surface area contributed by atoms with Crippen LogP contribution in [0.2, 0.25) is 0 Å². The molecule has 0 aromatic heterocycles. The number of hydrogen-bond donors (Lipinski definition) is 1. The maximum absolute atomic E-state index is 6.33. The SMILES string of the molecule is Cc1cc(CN)cc(C)c1OC1CCOC2(CCOC2)C1. The summed E-state index contributed by atoms with van der Waals surface area (Å²) in [5.74, 6) is 1.01. The van der Waals surface area contributed by atoms with Gasteiger partial charge in [-0.3, -0.25) is 0 Å². The van der Waals surface area contributed by atoms with Crippen LogP contribution in [0.4, 0.5) is 0 Å². The molecule has 116 valence electrons. The van der Waals surface area contributed by atoms with Crippen LogP contribution in [0.15, 0.2) is 12.1 Å². The van der Waals surface area contributed by atoms with E-state index in [-0.39, 0.29) is 11.7 Å². The second kappa shape index (κ2) is 5.95. The van der Waals surface area contributed by atoms with E-state index < -0.39 is 0 Å². The third-order valence-electron chi connectivity index (χ3n) is 4.56. The first-order valence-corrected chi connectivity index (χ1v) is 7.80. The molecule has 4 heteroatoms. The Morgan fingerprint density at radius 2 is 2.05 bits per heavy atom. The van der Waals surface area contributed by atoms with Crippen molar-refractivity contribution < 1.29 is 14.2 Å². The van der Waals surface area contributed by atoms with Gasteiger partial charge in [0.05, 0.1) is 18.8 Å². The molecule has 2 fully saturated rings. The van der Waals surface area contributed by atoms with E-state index in [4.69, 9.17) is 19.9 Å². The summed E-state index contributed by atoms with van der Waals surface area (Å²) in [6.07, 6.45) is 3.06. The number of hydrogen-bond acceptors (Lipinski definition) is 4. The third kappa shape index (κ3) is 3.07. The highest BCUT2D eigenvalue weighted by atomic mass is 16.6. The number of aryl methyl sites for hydroxylation is 2. The molecule has 0 saturated carbocycles. The van der Waals surface area contributed by atoms with E-state index in [2.05, 4.69) is 26.0 Å². The Bertz CT molecular complexity index is 486. The average Bonchev–Trinajstić information content (AvgIpc) is 2.90. The highest BCUT2D eigenvalue weighted by Crippen LogP contribution is 2.36. The molecule has 0 radical (unpaired) electrons. The van der Waals surface area contributed by atoms with Crippen molar-refractivity contribution in [2.75, 3.05) is 19.8 Å². The summed E-state index contributed by atoms with van der Waals surface area (Å²) in [6, 6.07) is 4.24. The van der Waals surface area contributed by atoms with Crippen LogP contribution in [0.3, 0.4) is 0 Å². The molecule has 0 bridgehead atoms. The van der Waals surface area contributed by atoms with Gasteiger partial charge in [0, 0.05) is 32.4 Å². The van der Waals surface area contributed by atoms with Crippen molar-refractivity contribution in [2.24, 2.45) is 5.73 Å². The second-order valence-electron chi connectivity index (χ2n) is 6.33. The quantitative estimate of drug-likeness (QED) is 0.929. The van der Waals surface area contributed by atoms with Gasteiger partial charge in [-0.25, -0.2) is 0 Å². The highest BCUT2D eigenvalue weighted by Gasteiger charge is 2.42. The van der Waals surface area contributed by atoms with Crippen LogP contribution in [0.5, 0.6) is 5.75 Å². The van der Waals surface area contributed by atoms with Gasteiger partial charge in [-0.2, -0.15) is 0 Å². The molecule has 2 unspecified atom stereocenters. The van der Waals surface area contributed by atoms with Gasteiger partial charge in [0.1, 0.15) is 11.9 Å². The average molecular weight is 291 g/mol. The zero-order valence-electron chi connectivity index (χ0n) is 13.0. The molecule has 4 nitrogen and oxygen atoms in total. The van der Waals surface area contributed by atoms with Crippen LogP contribution in [-0.4, -0.2) is 31.5 Å². The summed E-state index contributed by atoms with van der Waals surface area (Å²) in [5.41, 5.74) is 9.11. The fourth-order valence-electron chi connectivity index (χ4n) is 3.46. The van der Waals surface area contributed by atoms with Crippen molar-refractivity contribution >= 4 is 0 Å². The standard InChI is InChI=1S/C17H25NO3/c1-12-7-14(10-18)8-13(2)16(12)21-15-3-5-20-17(9-15)4-6-19-11-17/h7-8,15H,3-6,9-11,18H2,1-2H3. The van der Waals surface area contributed by atoms with Crippen LogP contribution in [0, 0.1) is 13.8 Å². The molecular formula is C17H25NO3. The molecule has 0 aliphatic carbocycles. The van der Waals surface area contributed by atoms with E-state index in [0.717, 1.165) is 43.8 Å². The first-order valence-electron chi connectivity index (χ1n) is 7.80. The Hall–Kier alpha value is -1.10. The zero-order valence-corrected chi connectivity index (χ0v) is 13.0. The summed E-state index contributed by atoms with van der Waals surface area (Å²) >= 11 is 0. The Morgan fingerprint density at radius 1 is 1.29 bits per heavy atom. The first-order chi connectivity index (χ1) is 10.1. The number of benzene rings is 1. The molecule has 2 atom stereocenters. The summed E-state index contributed by atoms with van der Waals surface area (Å²) in [7, 11) is 0. The minimum absolute atomic E-state index is 0.109. The predicted molar refractivity (Wildman–Crippen MR) is 81.6 cm³/mol. The molecular weight excluding hydrogens is 266 g/mol. The van der Waals surface area contributed by atoms with Crippen LogP contribution in [0.25, 0.3) is 0 Å². The van der Waals surface area contributed by atoms with Crippen molar-refractivity contribution in [2.45, 2.75) is 51.4 Å². The predicted octanol–water partition coefficient (Wildman–Crippen LogP) is 2.48. The van der Waals surface area contributed by atoms with Crippen LogP contribution >= 0.6 is 0 Å². The Kier molecular flexibility index (Phi) is 4.20. The smallest absolute Gasteiger partial charge is 0.125 e. The van der Waals surface area contributed by atoms with Gasteiger partial charge in [0.15, 0.2) is 0 Å². The first kappa shape index (κ1) is 14.8. The molecule has 1 spiro atoms. The van der Waals surface area contributed by atoms with Crippen LogP contribution in [0.1, 0.15) is 36.0 Å². The molecule has 2 saturated heterocycles. The van der Waals surface area contributed by atoms with Crippen LogP contribution in [-0.2, 0) is 16.0 Å². The lowest BCUT2D eigenvalue weighted by Gasteiger charge is -2.37. The van der Waals surface area contributed by atoms with Gasteiger partial charge < -0.3 is 19.9 Å². The lowest BCUT2D eigenvalue weighted by Crippen LogP contribution is -2.44. The molecule has 2 aliphatic heterocycles. The Morgan fingerprint density at radius 3 is 2.67 bits per heavy atom. The summed E-state index contributed by atoms with van der Waals surface area (Å²) in [4.78, 5) is 0. The molecule has 2 aliphatic rings. The van der Waals surface area contributed by atoms with Gasteiger partial charge in [-0.1, -0.05) is 12.1 Å². The van der Waals surface area contributed by atoms with Gasteiger partial charge >= 0.3 is 0 Å². The van der Waals surface area contributed by atoms with E-state index >= 15 is 0 Å². The second-order valence-corrected chi connectivity index (χ2v) is 6.33. The molecule has 1 aromatic rings. The van der Waals surface area contributed by atoms with Gasteiger partial charge in [-0.05, 0) is 30.5 Å². The molecule has 21 heavy (non-hydrogen) atoms. The fourth-order valence-corrected chi connectivity index (χ4v) is 3.46. The van der Waals surface area contributed by atoms with E-state index in [9.17, 15) is 0 Å². The number of ether oxygens (including phenoxy) is 3. The van der Waals surface area contributed by atoms with Crippen molar-refractivity contribution in [3.63, 3.8) is 0 Å². The molecule has 1 aromatic carbocycles. The van der Waals surface area contributed by atoms with Gasteiger partial charge in [0.25, 0.3) is 0 Å². The lowest BCUT2D eigenvalue weighted by atomic mass is 9.91. The number of rotatable bonds is 3. The summed E-state index contributed by atoms with van der Waals surface area (Å²) < 4.78 is 17.8. The van der Waals surface area contributed by atoms with Crippen molar-refractivity contribution in [1.29, 1.82) is 0 Å². The van der Waals surface area contributed by atoms with E-state index in [1.807, 2.05) is 0 Å². The lowest BCUT2D eigenvalue weighted by molar-refractivity contribution is -0.112. The minimum Gasteiger partial charge on any atom is -0.490 e. The molecule has 3 rings (SSSR count). The Labute approximate surface area is 126 Å². The summed E-state index contributed by atoms with van der Waals surface area (Å²) in [5, 5.41) is 0. The molecule has 2 N–H and O–H groups in total. The molecule has 0 amide bonds. The van der Waals surface area contributed by atoms with Crippen LogP contribution < -0.4 is 10.5 Å². The Balaban J connectivity index is 1.74.